The van der Waals surface area contributed by atoms with E-state index in [1.807, 2.05) is 24.3 Å². The van der Waals surface area contributed by atoms with Crippen LogP contribution < -0.4 is 10.1 Å². The van der Waals surface area contributed by atoms with Gasteiger partial charge >= 0.3 is 0 Å². The fraction of sp³-hybridized carbons (Fsp3) is 0.409. The number of piperidine rings is 1. The minimum atomic E-state index is -3.36. The molecule has 2 aromatic carbocycles. The first-order valence-electron chi connectivity index (χ1n) is 9.85. The van der Waals surface area contributed by atoms with E-state index >= 15 is 0 Å². The van der Waals surface area contributed by atoms with Crippen LogP contribution in [0, 0.1) is 0 Å². The second-order valence-corrected chi connectivity index (χ2v) is 9.41. The number of amides is 1. The van der Waals surface area contributed by atoms with E-state index in [0.717, 1.165) is 43.5 Å². The number of hydrogen-bond donors (Lipinski definition) is 1. The summed E-state index contributed by atoms with van der Waals surface area (Å²) in [5, 5.41) is 3.00. The Labute approximate surface area is 172 Å². The highest BCUT2D eigenvalue weighted by Gasteiger charge is 2.23. The molecule has 0 spiro atoms. The Morgan fingerprint density at radius 3 is 2.41 bits per heavy atom. The Morgan fingerprint density at radius 1 is 1.10 bits per heavy atom. The lowest BCUT2D eigenvalue weighted by Crippen LogP contribution is -2.40. The van der Waals surface area contributed by atoms with Crippen LogP contribution in [0.5, 0.6) is 5.75 Å². The molecule has 7 heteroatoms. The van der Waals surface area contributed by atoms with Crippen molar-refractivity contribution < 1.29 is 17.9 Å². The van der Waals surface area contributed by atoms with E-state index in [-0.39, 0.29) is 16.8 Å². The summed E-state index contributed by atoms with van der Waals surface area (Å²) >= 11 is 0. The Bertz CT molecular complexity index is 936. The van der Waals surface area contributed by atoms with Gasteiger partial charge in [-0.05, 0) is 61.8 Å². The first-order valence-corrected chi connectivity index (χ1v) is 11.7. The van der Waals surface area contributed by atoms with Gasteiger partial charge in [-0.1, -0.05) is 24.6 Å². The Morgan fingerprint density at radius 2 is 1.79 bits per heavy atom. The van der Waals surface area contributed by atoms with Gasteiger partial charge in [0.2, 0.25) is 0 Å². The number of methoxy groups -OCH3 is 1. The van der Waals surface area contributed by atoms with Crippen LogP contribution >= 0.6 is 0 Å². The maximum Gasteiger partial charge on any atom is 0.251 e. The van der Waals surface area contributed by atoms with Gasteiger partial charge in [-0.25, -0.2) is 8.42 Å². The second kappa shape index (κ2) is 9.41. The van der Waals surface area contributed by atoms with Crippen molar-refractivity contribution in [1.29, 1.82) is 0 Å². The third-order valence-electron chi connectivity index (χ3n) is 5.31. The highest BCUT2D eigenvalue weighted by molar-refractivity contribution is 7.90. The van der Waals surface area contributed by atoms with Gasteiger partial charge in [-0.2, -0.15) is 0 Å². The van der Waals surface area contributed by atoms with Gasteiger partial charge in [0.05, 0.1) is 18.0 Å². The number of rotatable bonds is 7. The van der Waals surface area contributed by atoms with E-state index in [9.17, 15) is 13.2 Å². The molecule has 0 radical (unpaired) electrons. The molecule has 1 unspecified atom stereocenters. The van der Waals surface area contributed by atoms with Crippen LogP contribution in [-0.2, 0) is 9.84 Å². The first kappa shape index (κ1) is 21.3. The molecule has 156 valence electrons. The molecule has 0 saturated carbocycles. The third-order valence-corrected chi connectivity index (χ3v) is 6.42. The minimum Gasteiger partial charge on any atom is -0.497 e. The van der Waals surface area contributed by atoms with E-state index in [2.05, 4.69) is 10.2 Å². The third kappa shape index (κ3) is 5.58. The van der Waals surface area contributed by atoms with Crippen LogP contribution in [0.1, 0.15) is 41.2 Å². The molecule has 29 heavy (non-hydrogen) atoms. The number of sulfone groups is 1. The van der Waals surface area contributed by atoms with Crippen molar-refractivity contribution in [2.45, 2.75) is 30.2 Å². The van der Waals surface area contributed by atoms with E-state index in [1.165, 1.54) is 18.6 Å². The summed E-state index contributed by atoms with van der Waals surface area (Å²) in [6.07, 6.45) is 4.67. The molecule has 0 aliphatic carbocycles. The second-order valence-electron chi connectivity index (χ2n) is 7.40. The van der Waals surface area contributed by atoms with Crippen molar-refractivity contribution in [2.75, 3.05) is 33.0 Å². The highest BCUT2D eigenvalue weighted by Crippen LogP contribution is 2.26. The predicted octanol–water partition coefficient (Wildman–Crippen LogP) is 3.06. The van der Waals surface area contributed by atoms with Crippen molar-refractivity contribution in [2.24, 2.45) is 0 Å². The normalized spacial score (nSPS) is 16.2. The highest BCUT2D eigenvalue weighted by atomic mass is 32.2. The number of likely N-dealkylation sites (tertiary alicyclic amines) is 1. The van der Waals surface area contributed by atoms with Crippen molar-refractivity contribution in [3.8, 4) is 5.75 Å². The monoisotopic (exact) mass is 416 g/mol. The number of ether oxygens (including phenoxy) is 1. The van der Waals surface area contributed by atoms with Crippen molar-refractivity contribution in [3.63, 3.8) is 0 Å². The Balaban J connectivity index is 1.76. The average molecular weight is 417 g/mol. The lowest BCUT2D eigenvalue weighted by atomic mass is 10.0. The van der Waals surface area contributed by atoms with Gasteiger partial charge < -0.3 is 10.1 Å². The summed E-state index contributed by atoms with van der Waals surface area (Å²) in [5.41, 5.74) is 1.47. The van der Waals surface area contributed by atoms with E-state index in [4.69, 9.17) is 4.74 Å². The van der Waals surface area contributed by atoms with Gasteiger partial charge in [-0.3, -0.25) is 9.69 Å². The van der Waals surface area contributed by atoms with E-state index in [1.54, 1.807) is 19.2 Å². The summed E-state index contributed by atoms with van der Waals surface area (Å²) < 4.78 is 28.8. The summed E-state index contributed by atoms with van der Waals surface area (Å²) in [6, 6.07) is 14.2. The zero-order chi connectivity index (χ0) is 20.9. The summed E-state index contributed by atoms with van der Waals surface area (Å²) in [5.74, 6) is 0.527. The molecule has 1 heterocycles. The number of nitrogens with one attached hydrogen (secondary N) is 1. The van der Waals surface area contributed by atoms with Crippen molar-refractivity contribution in [3.05, 3.63) is 59.7 Å². The van der Waals surface area contributed by atoms with Crippen LogP contribution in [0.25, 0.3) is 0 Å². The molecule has 1 fully saturated rings. The molecule has 1 aliphatic rings. The standard InChI is InChI=1S/C22H28N2O4S/c1-28-19-11-9-17(10-12-19)21(24-13-4-3-5-14-24)16-23-22(25)18-7-6-8-20(15-18)29(2,26)27/h6-12,15,21H,3-5,13-14,16H2,1-2H3,(H,23,25). The number of hydrogen-bond acceptors (Lipinski definition) is 5. The maximum atomic E-state index is 12.7. The molecule has 1 aliphatic heterocycles. The Hall–Kier alpha value is -2.38. The number of carbonyl (C=O) groups excluding carboxylic acids is 1. The average Bonchev–Trinajstić information content (AvgIpc) is 2.74. The van der Waals surface area contributed by atoms with Gasteiger partial charge in [0.1, 0.15) is 5.75 Å². The molecular weight excluding hydrogens is 388 g/mol. The van der Waals surface area contributed by atoms with Gasteiger partial charge in [-0.15, -0.1) is 0 Å². The summed E-state index contributed by atoms with van der Waals surface area (Å²) in [4.78, 5) is 15.2. The lowest BCUT2D eigenvalue weighted by molar-refractivity contribution is 0.0924. The van der Waals surface area contributed by atoms with Crippen LogP contribution in [0.15, 0.2) is 53.4 Å². The van der Waals surface area contributed by atoms with Gasteiger partial charge in [0.25, 0.3) is 5.91 Å². The SMILES string of the molecule is COc1ccc(C(CNC(=O)c2cccc(S(C)(=O)=O)c2)N2CCCCC2)cc1. The zero-order valence-corrected chi connectivity index (χ0v) is 17.7. The molecule has 2 aromatic rings. The Kier molecular flexibility index (Phi) is 6.92. The minimum absolute atomic E-state index is 0.0586. The molecule has 1 atom stereocenters. The smallest absolute Gasteiger partial charge is 0.251 e. The van der Waals surface area contributed by atoms with Crippen LogP contribution in [-0.4, -0.2) is 52.2 Å². The van der Waals surface area contributed by atoms with Crippen molar-refractivity contribution >= 4 is 15.7 Å². The lowest BCUT2D eigenvalue weighted by Gasteiger charge is -2.35. The molecular formula is C22H28N2O4S. The van der Waals surface area contributed by atoms with Crippen molar-refractivity contribution in [1.82, 2.24) is 10.2 Å². The van der Waals surface area contributed by atoms with Crippen LogP contribution in [0.2, 0.25) is 0 Å². The molecule has 6 nitrogen and oxygen atoms in total. The fourth-order valence-corrected chi connectivity index (χ4v) is 4.34. The largest absolute Gasteiger partial charge is 0.497 e. The van der Waals surface area contributed by atoms with E-state index in [0.29, 0.717) is 12.1 Å². The maximum absolute atomic E-state index is 12.7. The number of nitrogens with zero attached hydrogens (tertiary/aromatic N) is 1. The molecule has 0 aromatic heterocycles. The molecule has 0 bridgehead atoms. The number of carbonyl (C=O) groups is 1. The summed E-state index contributed by atoms with van der Waals surface area (Å²) in [7, 11) is -1.72. The fourth-order valence-electron chi connectivity index (χ4n) is 3.67. The molecule has 3 rings (SSSR count). The van der Waals surface area contributed by atoms with Crippen LogP contribution in [0.4, 0.5) is 0 Å². The molecule has 1 amide bonds. The summed E-state index contributed by atoms with van der Waals surface area (Å²) in [6.45, 7) is 2.44. The zero-order valence-electron chi connectivity index (χ0n) is 16.9. The molecule has 1 N–H and O–H groups in total. The van der Waals surface area contributed by atoms with E-state index < -0.39 is 9.84 Å². The molecule has 1 saturated heterocycles. The van der Waals surface area contributed by atoms with Crippen LogP contribution in [0.3, 0.4) is 0 Å². The van der Waals surface area contributed by atoms with Gasteiger partial charge in [0, 0.05) is 18.4 Å². The topological polar surface area (TPSA) is 75.7 Å². The van der Waals surface area contributed by atoms with Gasteiger partial charge in [0.15, 0.2) is 9.84 Å². The predicted molar refractivity (Wildman–Crippen MR) is 113 cm³/mol. The first-order chi connectivity index (χ1) is 13.9. The number of benzene rings is 2. The quantitative estimate of drug-likeness (QED) is 0.751.